The molecular formula is C19H22N6O3. The first-order chi connectivity index (χ1) is 13.4. The molecule has 0 bridgehead atoms. The molecule has 0 unspecified atom stereocenters. The lowest BCUT2D eigenvalue weighted by Crippen LogP contribution is -2.19. The van der Waals surface area contributed by atoms with Crippen LogP contribution in [-0.4, -0.2) is 44.9 Å². The van der Waals surface area contributed by atoms with Crippen LogP contribution in [0.2, 0.25) is 0 Å². The van der Waals surface area contributed by atoms with Gasteiger partial charge in [0.1, 0.15) is 0 Å². The zero-order valence-electron chi connectivity index (χ0n) is 16.4. The lowest BCUT2D eigenvalue weighted by molar-refractivity contribution is 0.0945. The van der Waals surface area contributed by atoms with E-state index in [2.05, 4.69) is 25.6 Å². The van der Waals surface area contributed by atoms with Gasteiger partial charge in [0, 0.05) is 11.4 Å². The summed E-state index contributed by atoms with van der Waals surface area (Å²) in [5, 5.41) is 8.13. The number of aromatic nitrogens is 4. The SMILES string of the molecule is COc1cc(C=NNC(=O)c2nc3nc(C)cc(C)n3n2)ccc1OC(C)C. The third-order valence-electron chi connectivity index (χ3n) is 3.75. The van der Waals surface area contributed by atoms with Crippen LogP contribution >= 0.6 is 0 Å². The molecule has 0 radical (unpaired) electrons. The van der Waals surface area contributed by atoms with Gasteiger partial charge in [0.2, 0.25) is 5.82 Å². The molecule has 0 aliphatic heterocycles. The van der Waals surface area contributed by atoms with Gasteiger partial charge in [-0.3, -0.25) is 4.79 Å². The van der Waals surface area contributed by atoms with Crippen molar-refractivity contribution in [2.24, 2.45) is 5.10 Å². The molecular weight excluding hydrogens is 360 g/mol. The van der Waals surface area contributed by atoms with Crippen molar-refractivity contribution in [2.45, 2.75) is 33.8 Å². The summed E-state index contributed by atoms with van der Waals surface area (Å²) in [7, 11) is 1.57. The minimum Gasteiger partial charge on any atom is -0.493 e. The van der Waals surface area contributed by atoms with Crippen LogP contribution in [0, 0.1) is 13.8 Å². The Labute approximate surface area is 162 Å². The predicted octanol–water partition coefficient (Wildman–Crippen LogP) is 2.30. The monoisotopic (exact) mass is 382 g/mol. The zero-order valence-corrected chi connectivity index (χ0v) is 16.4. The first-order valence-electron chi connectivity index (χ1n) is 8.76. The normalized spacial score (nSPS) is 11.4. The van der Waals surface area contributed by atoms with Gasteiger partial charge in [-0.05, 0) is 57.5 Å². The average molecular weight is 382 g/mol. The minimum atomic E-state index is -0.523. The molecule has 3 aromatic rings. The second-order valence-corrected chi connectivity index (χ2v) is 6.46. The quantitative estimate of drug-likeness (QED) is 0.518. The summed E-state index contributed by atoms with van der Waals surface area (Å²) < 4.78 is 12.5. The van der Waals surface area contributed by atoms with Gasteiger partial charge in [0.05, 0.1) is 19.4 Å². The zero-order chi connectivity index (χ0) is 20.3. The fourth-order valence-electron chi connectivity index (χ4n) is 2.59. The van der Waals surface area contributed by atoms with E-state index >= 15 is 0 Å². The first kappa shape index (κ1) is 19.3. The van der Waals surface area contributed by atoms with Crippen molar-refractivity contribution >= 4 is 17.9 Å². The maximum absolute atomic E-state index is 12.3. The highest BCUT2D eigenvalue weighted by atomic mass is 16.5. The molecule has 9 heteroatoms. The van der Waals surface area contributed by atoms with E-state index in [1.54, 1.807) is 19.2 Å². The molecule has 0 atom stereocenters. The molecule has 0 aliphatic carbocycles. The Bertz CT molecular complexity index is 1040. The number of amides is 1. The Hall–Kier alpha value is -3.49. The van der Waals surface area contributed by atoms with Crippen LogP contribution in [-0.2, 0) is 0 Å². The van der Waals surface area contributed by atoms with Crippen LogP contribution in [0.25, 0.3) is 5.78 Å². The number of carbonyl (C=O) groups is 1. The highest BCUT2D eigenvalue weighted by Crippen LogP contribution is 2.28. The van der Waals surface area contributed by atoms with E-state index in [9.17, 15) is 4.79 Å². The van der Waals surface area contributed by atoms with Crippen molar-refractivity contribution in [3.05, 3.63) is 47.0 Å². The van der Waals surface area contributed by atoms with Crippen molar-refractivity contribution in [1.29, 1.82) is 0 Å². The topological polar surface area (TPSA) is 103 Å². The molecule has 9 nitrogen and oxygen atoms in total. The fraction of sp³-hybridized carbons (Fsp3) is 0.316. The molecule has 28 heavy (non-hydrogen) atoms. The van der Waals surface area contributed by atoms with Crippen molar-refractivity contribution < 1.29 is 14.3 Å². The summed E-state index contributed by atoms with van der Waals surface area (Å²) in [5.41, 5.74) is 4.81. The van der Waals surface area contributed by atoms with E-state index in [-0.39, 0.29) is 11.9 Å². The van der Waals surface area contributed by atoms with E-state index < -0.39 is 5.91 Å². The summed E-state index contributed by atoms with van der Waals surface area (Å²) in [6.45, 7) is 7.61. The average Bonchev–Trinajstić information content (AvgIpc) is 3.06. The predicted molar refractivity (Wildman–Crippen MR) is 104 cm³/mol. The van der Waals surface area contributed by atoms with Crippen LogP contribution in [0.15, 0.2) is 29.4 Å². The number of nitrogens with one attached hydrogen (secondary N) is 1. The van der Waals surface area contributed by atoms with E-state index in [0.717, 1.165) is 17.0 Å². The lowest BCUT2D eigenvalue weighted by Gasteiger charge is -2.13. The molecule has 1 amide bonds. The molecule has 0 saturated heterocycles. The van der Waals surface area contributed by atoms with Crippen LogP contribution < -0.4 is 14.9 Å². The molecule has 2 heterocycles. The van der Waals surface area contributed by atoms with Gasteiger partial charge in [0.15, 0.2) is 11.5 Å². The summed E-state index contributed by atoms with van der Waals surface area (Å²) in [6, 6.07) is 7.24. The Morgan fingerprint density at radius 1 is 1.21 bits per heavy atom. The smallest absolute Gasteiger partial charge is 0.311 e. The fourth-order valence-corrected chi connectivity index (χ4v) is 2.59. The molecule has 3 rings (SSSR count). The largest absolute Gasteiger partial charge is 0.493 e. The molecule has 0 aliphatic rings. The van der Waals surface area contributed by atoms with Crippen molar-refractivity contribution in [3.8, 4) is 11.5 Å². The summed E-state index contributed by atoms with van der Waals surface area (Å²) in [5.74, 6) is 1.08. The number of ether oxygens (including phenoxy) is 2. The third-order valence-corrected chi connectivity index (χ3v) is 3.75. The number of hydrazone groups is 1. The Kier molecular flexibility index (Phi) is 5.53. The number of methoxy groups -OCH3 is 1. The number of carbonyl (C=O) groups excluding carboxylic acids is 1. The molecule has 0 saturated carbocycles. The Balaban J connectivity index is 1.72. The molecule has 1 aromatic carbocycles. The molecule has 0 fully saturated rings. The maximum atomic E-state index is 12.3. The summed E-state index contributed by atoms with van der Waals surface area (Å²) in [4.78, 5) is 20.7. The number of hydrogen-bond acceptors (Lipinski definition) is 7. The highest BCUT2D eigenvalue weighted by Gasteiger charge is 2.14. The van der Waals surface area contributed by atoms with E-state index in [1.807, 2.05) is 39.8 Å². The standard InChI is InChI=1S/C19H22N6O3/c1-11(2)28-15-7-6-14(9-16(15)27-5)10-20-23-18(26)17-22-19-21-12(3)8-13(4)25(19)24-17/h6-11H,1-5H3,(H,23,26). The number of benzene rings is 1. The van der Waals surface area contributed by atoms with Crippen LogP contribution in [0.1, 0.15) is 41.4 Å². The van der Waals surface area contributed by atoms with Crippen molar-refractivity contribution in [3.63, 3.8) is 0 Å². The molecule has 1 N–H and O–H groups in total. The Morgan fingerprint density at radius 2 is 2.00 bits per heavy atom. The second-order valence-electron chi connectivity index (χ2n) is 6.46. The lowest BCUT2D eigenvalue weighted by atomic mass is 10.2. The molecule has 146 valence electrons. The molecule has 2 aromatic heterocycles. The maximum Gasteiger partial charge on any atom is 0.311 e. The molecule has 0 spiro atoms. The van der Waals surface area contributed by atoms with Crippen LogP contribution in [0.5, 0.6) is 11.5 Å². The third kappa shape index (κ3) is 4.25. The summed E-state index contributed by atoms with van der Waals surface area (Å²) >= 11 is 0. The van der Waals surface area contributed by atoms with Gasteiger partial charge in [0.25, 0.3) is 5.78 Å². The number of hydrogen-bond donors (Lipinski definition) is 1. The highest BCUT2D eigenvalue weighted by molar-refractivity contribution is 5.91. The van der Waals surface area contributed by atoms with Crippen molar-refractivity contribution in [2.75, 3.05) is 7.11 Å². The number of rotatable bonds is 6. The summed E-state index contributed by atoms with van der Waals surface area (Å²) in [6.07, 6.45) is 1.54. The number of aryl methyl sites for hydroxylation is 2. The van der Waals surface area contributed by atoms with Gasteiger partial charge in [-0.1, -0.05) is 0 Å². The van der Waals surface area contributed by atoms with Gasteiger partial charge in [-0.2, -0.15) is 10.1 Å². The van der Waals surface area contributed by atoms with Gasteiger partial charge >= 0.3 is 5.91 Å². The van der Waals surface area contributed by atoms with Gasteiger partial charge in [-0.25, -0.2) is 14.9 Å². The van der Waals surface area contributed by atoms with E-state index in [0.29, 0.717) is 17.3 Å². The number of fused-ring (bicyclic) bond motifs is 1. The van der Waals surface area contributed by atoms with Crippen LogP contribution in [0.3, 0.4) is 0 Å². The second kappa shape index (κ2) is 8.03. The number of nitrogens with zero attached hydrogens (tertiary/aromatic N) is 5. The van der Waals surface area contributed by atoms with Crippen LogP contribution in [0.4, 0.5) is 0 Å². The Morgan fingerprint density at radius 3 is 2.71 bits per heavy atom. The van der Waals surface area contributed by atoms with Gasteiger partial charge < -0.3 is 9.47 Å². The van der Waals surface area contributed by atoms with Gasteiger partial charge in [-0.15, -0.1) is 5.10 Å². The minimum absolute atomic E-state index is 0.00314. The van der Waals surface area contributed by atoms with E-state index in [4.69, 9.17) is 9.47 Å². The van der Waals surface area contributed by atoms with E-state index in [1.165, 1.54) is 10.7 Å². The first-order valence-corrected chi connectivity index (χ1v) is 8.76. The van der Waals surface area contributed by atoms with Crippen molar-refractivity contribution in [1.82, 2.24) is 25.0 Å².